The first-order valence-corrected chi connectivity index (χ1v) is 5.07. The lowest BCUT2D eigenvalue weighted by molar-refractivity contribution is 0.0631. The first-order chi connectivity index (χ1) is 6.68. The molecule has 1 unspecified atom stereocenters. The Morgan fingerprint density at radius 1 is 1.79 bits per heavy atom. The van der Waals surface area contributed by atoms with Crippen LogP contribution in [0, 0.1) is 5.82 Å². The van der Waals surface area contributed by atoms with Gasteiger partial charge in [0.15, 0.2) is 11.6 Å². The van der Waals surface area contributed by atoms with E-state index in [4.69, 9.17) is 10.5 Å². The maximum Gasteiger partial charge on any atom is 0.351 e. The van der Waals surface area contributed by atoms with Gasteiger partial charge < -0.3 is 10.5 Å². The minimum Gasteiger partial charge on any atom is -0.381 e. The van der Waals surface area contributed by atoms with Gasteiger partial charge in [-0.1, -0.05) is 0 Å². The predicted molar refractivity (Wildman–Crippen MR) is 50.3 cm³/mol. The molecule has 0 amide bonds. The number of anilines is 1. The minimum atomic E-state index is -0.704. The Bertz CT molecular complexity index is 402. The summed E-state index contributed by atoms with van der Waals surface area (Å²) in [6.07, 6.45) is 0.594. The highest BCUT2D eigenvalue weighted by Crippen LogP contribution is 2.23. The summed E-state index contributed by atoms with van der Waals surface area (Å²) in [4.78, 5) is 14.6. The van der Waals surface area contributed by atoms with Crippen molar-refractivity contribution in [2.24, 2.45) is 0 Å². The molecule has 2 rings (SSSR count). The molecule has 0 spiro atoms. The van der Waals surface area contributed by atoms with E-state index in [1.54, 1.807) is 0 Å². The molecule has 1 aliphatic rings. The minimum absolute atomic E-state index is 0.378. The molecule has 2 heterocycles. The molecule has 1 atom stereocenters. The highest BCUT2D eigenvalue weighted by atomic mass is 32.2. The number of nitrogens with two attached hydrogens (primary N) is 1. The molecule has 0 bridgehead atoms. The second-order valence-corrected chi connectivity index (χ2v) is 3.75. The average molecular weight is 217 g/mol. The van der Waals surface area contributed by atoms with Crippen LogP contribution in [0.4, 0.5) is 10.2 Å². The summed E-state index contributed by atoms with van der Waals surface area (Å²) in [5.74, 6) is 0.0376. The van der Waals surface area contributed by atoms with Crippen molar-refractivity contribution in [3.8, 4) is 0 Å². The Balaban J connectivity index is 2.42. The zero-order valence-electron chi connectivity index (χ0n) is 7.14. The quantitative estimate of drug-likeness (QED) is 0.726. The number of halogens is 1. The highest BCUT2D eigenvalue weighted by molar-refractivity contribution is 7.99. The molecule has 76 valence electrons. The Morgan fingerprint density at radius 3 is 3.21 bits per heavy atom. The second kappa shape index (κ2) is 3.58. The van der Waals surface area contributed by atoms with Gasteiger partial charge in [0.1, 0.15) is 6.23 Å². The molecular weight excluding hydrogens is 209 g/mol. The molecular formula is C7H8FN3O2S. The van der Waals surface area contributed by atoms with E-state index in [1.807, 2.05) is 0 Å². The third-order valence-electron chi connectivity index (χ3n) is 1.85. The third-order valence-corrected chi connectivity index (χ3v) is 2.67. The van der Waals surface area contributed by atoms with Gasteiger partial charge in [0.2, 0.25) is 0 Å². The summed E-state index contributed by atoms with van der Waals surface area (Å²) in [7, 11) is 0. The number of nitrogens with zero attached hydrogens (tertiary/aromatic N) is 2. The van der Waals surface area contributed by atoms with E-state index in [2.05, 4.69) is 4.98 Å². The first-order valence-electron chi connectivity index (χ1n) is 3.92. The van der Waals surface area contributed by atoms with Crippen molar-refractivity contribution in [2.45, 2.75) is 6.23 Å². The van der Waals surface area contributed by atoms with E-state index in [9.17, 15) is 9.18 Å². The fourth-order valence-corrected chi connectivity index (χ4v) is 1.96. The fraction of sp³-hybridized carbons (Fsp3) is 0.429. The van der Waals surface area contributed by atoms with Crippen molar-refractivity contribution in [3.63, 3.8) is 0 Å². The lowest BCUT2D eigenvalue weighted by Crippen LogP contribution is -2.29. The Kier molecular flexibility index (Phi) is 2.42. The van der Waals surface area contributed by atoms with Crippen molar-refractivity contribution >= 4 is 17.6 Å². The summed E-state index contributed by atoms with van der Waals surface area (Å²) in [6.45, 7) is 0. The van der Waals surface area contributed by atoms with Crippen LogP contribution in [0.15, 0.2) is 11.0 Å². The van der Waals surface area contributed by atoms with Crippen LogP contribution in [0.3, 0.4) is 0 Å². The van der Waals surface area contributed by atoms with Crippen LogP contribution >= 0.6 is 11.8 Å². The van der Waals surface area contributed by atoms with Crippen molar-refractivity contribution in [1.29, 1.82) is 0 Å². The van der Waals surface area contributed by atoms with E-state index < -0.39 is 17.7 Å². The van der Waals surface area contributed by atoms with Crippen LogP contribution in [0.25, 0.3) is 0 Å². The topological polar surface area (TPSA) is 70.1 Å². The second-order valence-electron chi connectivity index (χ2n) is 2.77. The molecule has 2 N–H and O–H groups in total. The summed E-state index contributed by atoms with van der Waals surface area (Å²) in [5.41, 5.74) is 4.56. The molecule has 7 heteroatoms. The van der Waals surface area contributed by atoms with Gasteiger partial charge in [0.05, 0.1) is 12.1 Å². The molecule has 1 aliphatic heterocycles. The molecule has 1 saturated heterocycles. The zero-order valence-corrected chi connectivity index (χ0v) is 7.96. The SMILES string of the molecule is Nc1nc(=O)n(C2CSCO2)cc1F. The van der Waals surface area contributed by atoms with Gasteiger partial charge in [-0.05, 0) is 0 Å². The van der Waals surface area contributed by atoms with Gasteiger partial charge in [0.25, 0.3) is 0 Å². The molecule has 1 aromatic rings. The Labute approximate surface area is 83.1 Å². The first kappa shape index (κ1) is 9.47. The van der Waals surface area contributed by atoms with E-state index in [1.165, 1.54) is 11.8 Å². The number of aromatic nitrogens is 2. The molecule has 0 aliphatic carbocycles. The van der Waals surface area contributed by atoms with E-state index >= 15 is 0 Å². The number of hydrogen-bond acceptors (Lipinski definition) is 5. The van der Waals surface area contributed by atoms with Crippen molar-refractivity contribution < 1.29 is 9.13 Å². The highest BCUT2D eigenvalue weighted by Gasteiger charge is 2.20. The molecule has 5 nitrogen and oxygen atoms in total. The number of hydrogen-bond donors (Lipinski definition) is 1. The summed E-state index contributed by atoms with van der Waals surface area (Å²) >= 11 is 1.53. The molecule has 0 radical (unpaired) electrons. The predicted octanol–water partition coefficient (Wildman–Crippen LogP) is 0.184. The van der Waals surface area contributed by atoms with Gasteiger partial charge in [-0.2, -0.15) is 4.98 Å². The lowest BCUT2D eigenvalue weighted by atomic mass is 10.5. The summed E-state index contributed by atoms with van der Waals surface area (Å²) < 4.78 is 19.3. The largest absolute Gasteiger partial charge is 0.381 e. The molecule has 0 saturated carbocycles. The van der Waals surface area contributed by atoms with Crippen LogP contribution in [0.1, 0.15) is 6.23 Å². The van der Waals surface area contributed by atoms with Crippen molar-refractivity contribution in [3.05, 3.63) is 22.5 Å². The van der Waals surface area contributed by atoms with Crippen LogP contribution in [0.2, 0.25) is 0 Å². The maximum absolute atomic E-state index is 13.0. The Hall–Kier alpha value is -1.08. The zero-order chi connectivity index (χ0) is 10.1. The lowest BCUT2D eigenvalue weighted by Gasteiger charge is -2.11. The average Bonchev–Trinajstić information content (AvgIpc) is 2.64. The number of rotatable bonds is 1. The van der Waals surface area contributed by atoms with Gasteiger partial charge >= 0.3 is 5.69 Å². The summed E-state index contributed by atoms with van der Waals surface area (Å²) in [6, 6.07) is 0. The molecule has 1 aromatic heterocycles. The van der Waals surface area contributed by atoms with Crippen LogP contribution in [-0.4, -0.2) is 21.2 Å². The van der Waals surface area contributed by atoms with E-state index in [0.717, 1.165) is 10.8 Å². The standard InChI is InChI=1S/C7H8FN3O2S/c8-4-1-11(5-2-14-3-13-5)7(12)10-6(4)9/h1,5H,2-3H2,(H2,9,10,12). The number of thioether (sulfide) groups is 1. The van der Waals surface area contributed by atoms with Gasteiger partial charge in [0, 0.05) is 5.75 Å². The van der Waals surface area contributed by atoms with Crippen LogP contribution in [0.5, 0.6) is 0 Å². The van der Waals surface area contributed by atoms with Crippen LogP contribution in [-0.2, 0) is 4.74 Å². The smallest absolute Gasteiger partial charge is 0.351 e. The number of ether oxygens (including phenoxy) is 1. The molecule has 1 fully saturated rings. The Morgan fingerprint density at radius 2 is 2.57 bits per heavy atom. The maximum atomic E-state index is 13.0. The third kappa shape index (κ3) is 1.60. The van der Waals surface area contributed by atoms with Crippen molar-refractivity contribution in [2.75, 3.05) is 17.4 Å². The fourth-order valence-electron chi connectivity index (χ4n) is 1.15. The monoisotopic (exact) mass is 217 g/mol. The van der Waals surface area contributed by atoms with E-state index in [-0.39, 0.29) is 5.82 Å². The normalized spacial score (nSPS) is 21.4. The number of nitrogen functional groups attached to an aromatic ring is 1. The van der Waals surface area contributed by atoms with Crippen LogP contribution < -0.4 is 11.4 Å². The molecule has 0 aromatic carbocycles. The van der Waals surface area contributed by atoms with Gasteiger partial charge in [-0.15, -0.1) is 11.8 Å². The van der Waals surface area contributed by atoms with Gasteiger partial charge in [-0.25, -0.2) is 9.18 Å². The van der Waals surface area contributed by atoms with E-state index in [0.29, 0.717) is 11.7 Å². The van der Waals surface area contributed by atoms with Crippen molar-refractivity contribution in [1.82, 2.24) is 9.55 Å². The summed E-state index contributed by atoms with van der Waals surface area (Å²) in [5, 5.41) is 0. The van der Waals surface area contributed by atoms with Gasteiger partial charge in [-0.3, -0.25) is 4.57 Å². The molecule has 14 heavy (non-hydrogen) atoms.